The molecule has 4 nitrogen and oxygen atoms in total. The number of aryl methyl sites for hydroxylation is 1. The fourth-order valence-corrected chi connectivity index (χ4v) is 4.10. The standard InChI is InChI=1S/C11H8Cl4N2O2S/c1-2-8-10(20(15,18)19)11(14)17(16-8)9-4-3-6(12)5-7(9)13/h3-5H,2H2,1H3. The lowest BCUT2D eigenvalue weighted by Crippen LogP contribution is -1.98. The number of benzene rings is 1. The summed E-state index contributed by atoms with van der Waals surface area (Å²) in [4.78, 5) is -0.200. The van der Waals surface area contributed by atoms with E-state index in [4.69, 9.17) is 45.5 Å². The maximum Gasteiger partial charge on any atom is 0.266 e. The third-order valence-corrected chi connectivity index (χ3v) is 4.95. The fraction of sp³-hybridized carbons (Fsp3) is 0.182. The van der Waals surface area contributed by atoms with E-state index in [0.717, 1.165) is 0 Å². The van der Waals surface area contributed by atoms with Gasteiger partial charge in [-0.2, -0.15) is 5.10 Å². The molecule has 0 atom stereocenters. The second-order valence-corrected chi connectivity index (χ2v) is 7.57. The van der Waals surface area contributed by atoms with Crippen LogP contribution in [0.15, 0.2) is 23.1 Å². The molecule has 0 saturated heterocycles. The van der Waals surface area contributed by atoms with E-state index < -0.39 is 9.05 Å². The Balaban J connectivity index is 2.74. The van der Waals surface area contributed by atoms with Gasteiger partial charge in [-0.15, -0.1) is 0 Å². The zero-order valence-corrected chi connectivity index (χ0v) is 13.9. The molecule has 0 amide bonds. The SMILES string of the molecule is CCc1nn(-c2ccc(Cl)cc2Cl)c(Cl)c1S(=O)(=O)Cl. The average molecular weight is 374 g/mol. The lowest BCUT2D eigenvalue weighted by molar-refractivity contribution is 0.608. The average Bonchev–Trinajstić information content (AvgIpc) is 2.66. The molecule has 0 fully saturated rings. The first-order chi connectivity index (χ1) is 9.25. The van der Waals surface area contributed by atoms with Crippen LogP contribution >= 0.6 is 45.5 Å². The first-order valence-electron chi connectivity index (χ1n) is 5.43. The molecule has 20 heavy (non-hydrogen) atoms. The zero-order chi connectivity index (χ0) is 15.1. The van der Waals surface area contributed by atoms with Gasteiger partial charge in [0.2, 0.25) is 0 Å². The molecule has 0 radical (unpaired) electrons. The summed E-state index contributed by atoms with van der Waals surface area (Å²) >= 11 is 18.0. The summed E-state index contributed by atoms with van der Waals surface area (Å²) in [6.45, 7) is 1.75. The maximum absolute atomic E-state index is 11.6. The van der Waals surface area contributed by atoms with E-state index >= 15 is 0 Å². The second kappa shape index (κ2) is 5.73. The van der Waals surface area contributed by atoms with Crippen LogP contribution in [0.4, 0.5) is 0 Å². The zero-order valence-electron chi connectivity index (χ0n) is 10.1. The third-order valence-electron chi connectivity index (χ3n) is 2.57. The Morgan fingerprint density at radius 2 is 1.90 bits per heavy atom. The number of halogens is 4. The molecule has 1 aromatic carbocycles. The van der Waals surface area contributed by atoms with E-state index in [1.54, 1.807) is 19.1 Å². The van der Waals surface area contributed by atoms with Crippen molar-refractivity contribution in [3.05, 3.63) is 39.1 Å². The van der Waals surface area contributed by atoms with Gasteiger partial charge in [0.1, 0.15) is 4.90 Å². The highest BCUT2D eigenvalue weighted by Gasteiger charge is 2.26. The summed E-state index contributed by atoms with van der Waals surface area (Å²) in [5.74, 6) is 0. The van der Waals surface area contributed by atoms with Crippen molar-refractivity contribution in [1.29, 1.82) is 0 Å². The topological polar surface area (TPSA) is 52.0 Å². The van der Waals surface area contributed by atoms with Crippen LogP contribution in [0.25, 0.3) is 5.69 Å². The molecule has 1 heterocycles. The molecule has 0 aliphatic heterocycles. The lowest BCUT2D eigenvalue weighted by Gasteiger charge is -2.06. The summed E-state index contributed by atoms with van der Waals surface area (Å²) in [6.07, 6.45) is 0.360. The Morgan fingerprint density at radius 1 is 1.25 bits per heavy atom. The van der Waals surface area contributed by atoms with Gasteiger partial charge >= 0.3 is 0 Å². The van der Waals surface area contributed by atoms with Gasteiger partial charge in [0.25, 0.3) is 9.05 Å². The van der Waals surface area contributed by atoms with Crippen LogP contribution in [0.3, 0.4) is 0 Å². The van der Waals surface area contributed by atoms with Crippen molar-refractivity contribution in [2.24, 2.45) is 0 Å². The third kappa shape index (κ3) is 2.92. The number of hydrogen-bond donors (Lipinski definition) is 0. The van der Waals surface area contributed by atoms with Crippen LogP contribution in [0.5, 0.6) is 0 Å². The Bertz CT molecular complexity index is 771. The summed E-state index contributed by atoms with van der Waals surface area (Å²) in [5.41, 5.74) is 0.693. The highest BCUT2D eigenvalue weighted by atomic mass is 35.7. The van der Waals surface area contributed by atoms with E-state index in [-0.39, 0.29) is 15.7 Å². The van der Waals surface area contributed by atoms with Crippen molar-refractivity contribution in [3.8, 4) is 5.69 Å². The summed E-state index contributed by atoms with van der Waals surface area (Å²) in [5, 5.41) is 4.78. The molecule has 9 heteroatoms. The molecule has 0 saturated carbocycles. The van der Waals surface area contributed by atoms with Gasteiger partial charge in [0, 0.05) is 15.7 Å². The summed E-state index contributed by atoms with van der Waals surface area (Å²) < 4.78 is 24.4. The second-order valence-electron chi connectivity index (χ2n) is 3.87. The predicted molar refractivity (Wildman–Crippen MR) is 81.0 cm³/mol. The minimum Gasteiger partial charge on any atom is -0.219 e. The Hall–Kier alpha value is -0.460. The van der Waals surface area contributed by atoms with Crippen molar-refractivity contribution in [3.63, 3.8) is 0 Å². The number of hydrogen-bond acceptors (Lipinski definition) is 3. The van der Waals surface area contributed by atoms with Gasteiger partial charge in [-0.1, -0.05) is 41.7 Å². The van der Waals surface area contributed by atoms with Crippen LogP contribution in [0, 0.1) is 0 Å². The molecule has 0 spiro atoms. The van der Waals surface area contributed by atoms with Gasteiger partial charge < -0.3 is 0 Å². The molecule has 108 valence electrons. The van der Waals surface area contributed by atoms with Crippen molar-refractivity contribution < 1.29 is 8.42 Å². The van der Waals surface area contributed by atoms with E-state index in [1.807, 2.05) is 0 Å². The van der Waals surface area contributed by atoms with Gasteiger partial charge in [0.05, 0.1) is 16.4 Å². The monoisotopic (exact) mass is 372 g/mol. The smallest absolute Gasteiger partial charge is 0.219 e. The number of nitrogens with zero attached hydrogens (tertiary/aromatic N) is 2. The Labute approximate surface area is 135 Å². The first-order valence-corrected chi connectivity index (χ1v) is 8.87. The predicted octanol–water partition coefficient (Wildman–Crippen LogP) is 4.32. The molecule has 0 bridgehead atoms. The first kappa shape index (κ1) is 15.9. The molecule has 0 aliphatic rings. The highest BCUT2D eigenvalue weighted by Crippen LogP contribution is 2.33. The molecule has 2 aromatic rings. The van der Waals surface area contributed by atoms with Crippen LogP contribution < -0.4 is 0 Å². The van der Waals surface area contributed by atoms with E-state index in [2.05, 4.69) is 5.10 Å². The van der Waals surface area contributed by atoms with E-state index in [0.29, 0.717) is 22.2 Å². The van der Waals surface area contributed by atoms with Gasteiger partial charge in [-0.05, 0) is 24.6 Å². The largest absolute Gasteiger partial charge is 0.266 e. The van der Waals surface area contributed by atoms with Crippen LogP contribution in [-0.2, 0) is 15.5 Å². The molecule has 1 aromatic heterocycles. The quantitative estimate of drug-likeness (QED) is 0.752. The van der Waals surface area contributed by atoms with Gasteiger partial charge in [-0.3, -0.25) is 0 Å². The van der Waals surface area contributed by atoms with Crippen molar-refractivity contribution in [2.45, 2.75) is 18.2 Å². The molecule has 0 unspecified atom stereocenters. The maximum atomic E-state index is 11.6. The normalized spacial score (nSPS) is 11.8. The minimum atomic E-state index is -4.00. The van der Waals surface area contributed by atoms with E-state index in [9.17, 15) is 8.42 Å². The number of rotatable bonds is 3. The molecular formula is C11H8Cl4N2O2S. The molecule has 0 aliphatic carbocycles. The molecular weight excluding hydrogens is 366 g/mol. The van der Waals surface area contributed by atoms with Crippen molar-refractivity contribution >= 4 is 54.5 Å². The summed E-state index contributed by atoms with van der Waals surface area (Å²) in [6, 6.07) is 4.70. The van der Waals surface area contributed by atoms with Crippen molar-refractivity contribution in [1.82, 2.24) is 9.78 Å². The fourth-order valence-electron chi connectivity index (χ4n) is 1.71. The lowest BCUT2D eigenvalue weighted by atomic mass is 10.3. The molecule has 2 rings (SSSR count). The van der Waals surface area contributed by atoms with Gasteiger partial charge in [-0.25, -0.2) is 13.1 Å². The highest BCUT2D eigenvalue weighted by molar-refractivity contribution is 8.13. The Morgan fingerprint density at radius 3 is 2.35 bits per heavy atom. The van der Waals surface area contributed by atoms with E-state index in [1.165, 1.54) is 10.7 Å². The number of aromatic nitrogens is 2. The van der Waals surface area contributed by atoms with Crippen LogP contribution in [-0.4, -0.2) is 18.2 Å². The minimum absolute atomic E-state index is 0.110. The van der Waals surface area contributed by atoms with Crippen LogP contribution in [0.2, 0.25) is 15.2 Å². The molecule has 0 N–H and O–H groups in total. The van der Waals surface area contributed by atoms with Crippen molar-refractivity contribution in [2.75, 3.05) is 0 Å². The Kier molecular flexibility index (Phi) is 4.56. The van der Waals surface area contributed by atoms with Crippen LogP contribution in [0.1, 0.15) is 12.6 Å². The van der Waals surface area contributed by atoms with Gasteiger partial charge in [0.15, 0.2) is 5.15 Å². The summed E-state index contributed by atoms with van der Waals surface area (Å²) in [7, 11) is 1.40.